The monoisotopic (exact) mass is 467 g/mol. The number of aromatic amines is 1. The van der Waals surface area contributed by atoms with Crippen LogP contribution < -0.4 is 10.6 Å². The summed E-state index contributed by atoms with van der Waals surface area (Å²) in [7, 11) is 1.41. The molecule has 3 heterocycles. The van der Waals surface area contributed by atoms with Gasteiger partial charge in [-0.15, -0.1) is 12.4 Å². The van der Waals surface area contributed by atoms with Gasteiger partial charge in [0.25, 0.3) is 11.7 Å². The smallest absolute Gasteiger partial charge is 0.292 e. The number of nitrogens with zero attached hydrogens (tertiary/aromatic N) is 2. The van der Waals surface area contributed by atoms with Crippen molar-refractivity contribution in [3.63, 3.8) is 0 Å². The maximum Gasteiger partial charge on any atom is 0.292 e. The van der Waals surface area contributed by atoms with Crippen molar-refractivity contribution in [3.05, 3.63) is 71.9 Å². The zero-order valence-electron chi connectivity index (χ0n) is 18.3. The topological polar surface area (TPSA) is 99.8 Å². The highest BCUT2D eigenvalue weighted by Crippen LogP contribution is 2.34. The number of anilines is 2. The van der Waals surface area contributed by atoms with Gasteiger partial charge in [-0.2, -0.15) is 0 Å². The van der Waals surface area contributed by atoms with Crippen LogP contribution in [0.1, 0.15) is 35.7 Å². The Hall–Kier alpha value is -3.78. The predicted octanol–water partition coefficient (Wildman–Crippen LogP) is 4.98. The van der Waals surface area contributed by atoms with Crippen LogP contribution in [0.5, 0.6) is 0 Å². The molecule has 0 saturated heterocycles. The molecule has 7 nitrogen and oxygen atoms in total. The second-order valence-electron chi connectivity index (χ2n) is 7.64. The van der Waals surface area contributed by atoms with Gasteiger partial charge in [0, 0.05) is 36.9 Å². The highest BCUT2D eigenvalue weighted by Gasteiger charge is 2.22. The van der Waals surface area contributed by atoms with E-state index in [0.29, 0.717) is 22.4 Å². The van der Waals surface area contributed by atoms with Gasteiger partial charge in [0.1, 0.15) is 11.5 Å². The summed E-state index contributed by atoms with van der Waals surface area (Å²) in [6.45, 7) is 4.11. The molecule has 33 heavy (non-hydrogen) atoms. The number of ketones is 1. The van der Waals surface area contributed by atoms with Gasteiger partial charge in [-0.1, -0.05) is 13.8 Å². The molecule has 0 aliphatic rings. The fourth-order valence-corrected chi connectivity index (χ4v) is 3.53. The Morgan fingerprint density at radius 3 is 2.45 bits per heavy atom. The molecular weight excluding hydrogens is 445 g/mol. The summed E-state index contributed by atoms with van der Waals surface area (Å²) in [6, 6.07) is 9.77. The molecule has 9 heteroatoms. The number of pyridine rings is 2. The van der Waals surface area contributed by atoms with Gasteiger partial charge in [-0.05, 0) is 47.9 Å². The Morgan fingerprint density at radius 2 is 1.79 bits per heavy atom. The van der Waals surface area contributed by atoms with Crippen LogP contribution in [0.4, 0.5) is 15.8 Å². The molecule has 0 atom stereocenters. The standard InChI is InChI=1S/C24H22FN5O2.ClH/c1-13(2)16-11-28-19(14-4-6-15(25)7-5-14)10-20(16)30-18-8-9-27-23-21(18)17(12-29-23)22(31)24(32)26-3;/h4-13H,1-3H3,(H,26,32)(H2,27,28,29,30);1H. The fraction of sp³-hybridized carbons (Fsp3) is 0.167. The van der Waals surface area contributed by atoms with E-state index in [0.717, 1.165) is 16.8 Å². The molecule has 1 amide bonds. The van der Waals surface area contributed by atoms with E-state index < -0.39 is 11.7 Å². The SMILES string of the molecule is CNC(=O)C(=O)c1c[nH]c2nccc(Nc3cc(-c4ccc(F)cc4)ncc3C(C)C)c12.Cl. The van der Waals surface area contributed by atoms with Crippen molar-refractivity contribution in [1.82, 2.24) is 20.3 Å². The van der Waals surface area contributed by atoms with Crippen LogP contribution >= 0.6 is 12.4 Å². The first-order chi connectivity index (χ1) is 15.4. The van der Waals surface area contributed by atoms with Crippen LogP contribution in [0, 0.1) is 5.82 Å². The number of likely N-dealkylation sites (N-methyl/N-ethyl adjacent to an activating group) is 1. The van der Waals surface area contributed by atoms with Gasteiger partial charge in [0.05, 0.1) is 22.3 Å². The largest absolute Gasteiger partial charge is 0.355 e. The van der Waals surface area contributed by atoms with Gasteiger partial charge >= 0.3 is 0 Å². The van der Waals surface area contributed by atoms with E-state index in [1.807, 2.05) is 6.07 Å². The molecule has 0 aliphatic carbocycles. The van der Waals surface area contributed by atoms with Crippen molar-refractivity contribution in [2.75, 3.05) is 12.4 Å². The molecular formula is C24H23ClFN5O2. The highest BCUT2D eigenvalue weighted by atomic mass is 35.5. The number of hydrogen-bond donors (Lipinski definition) is 3. The van der Waals surface area contributed by atoms with Crippen LogP contribution in [0.25, 0.3) is 22.3 Å². The first-order valence-corrected chi connectivity index (χ1v) is 10.1. The highest BCUT2D eigenvalue weighted by molar-refractivity contribution is 6.45. The zero-order chi connectivity index (χ0) is 22.8. The summed E-state index contributed by atoms with van der Waals surface area (Å²) in [5.41, 5.74) is 4.56. The summed E-state index contributed by atoms with van der Waals surface area (Å²) in [6.07, 6.45) is 4.89. The van der Waals surface area contributed by atoms with Crippen LogP contribution in [-0.4, -0.2) is 33.7 Å². The minimum atomic E-state index is -0.703. The van der Waals surface area contributed by atoms with Gasteiger partial charge in [0.2, 0.25) is 0 Å². The number of amides is 1. The number of hydrogen-bond acceptors (Lipinski definition) is 5. The Morgan fingerprint density at radius 1 is 1.06 bits per heavy atom. The second kappa shape index (κ2) is 9.79. The second-order valence-corrected chi connectivity index (χ2v) is 7.64. The Bertz CT molecular complexity index is 1320. The van der Waals surface area contributed by atoms with Crippen LogP contribution in [0.2, 0.25) is 0 Å². The fourth-order valence-electron chi connectivity index (χ4n) is 3.53. The number of halogens is 2. The van der Waals surface area contributed by atoms with E-state index >= 15 is 0 Å². The Labute approximate surface area is 196 Å². The van der Waals surface area contributed by atoms with Crippen molar-refractivity contribution in [2.24, 2.45) is 0 Å². The van der Waals surface area contributed by atoms with E-state index in [2.05, 4.69) is 39.4 Å². The van der Waals surface area contributed by atoms with Crippen molar-refractivity contribution >= 4 is 46.5 Å². The van der Waals surface area contributed by atoms with Gasteiger partial charge in [-0.3, -0.25) is 14.6 Å². The van der Waals surface area contributed by atoms with E-state index in [9.17, 15) is 14.0 Å². The van der Waals surface area contributed by atoms with E-state index in [-0.39, 0.29) is 29.7 Å². The number of Topliss-reactive ketones (excluding diaryl/α,β-unsaturated/α-hetero) is 1. The lowest BCUT2D eigenvalue weighted by Crippen LogP contribution is -2.27. The van der Waals surface area contributed by atoms with E-state index in [1.165, 1.54) is 25.4 Å². The van der Waals surface area contributed by atoms with Crippen LogP contribution in [-0.2, 0) is 4.79 Å². The maximum absolute atomic E-state index is 13.3. The minimum absolute atomic E-state index is 0. The van der Waals surface area contributed by atoms with Gasteiger partial charge in [-0.25, -0.2) is 9.37 Å². The molecule has 1 aromatic carbocycles. The number of carbonyl (C=O) groups is 2. The molecule has 4 rings (SSSR count). The lowest BCUT2D eigenvalue weighted by atomic mass is 10.0. The van der Waals surface area contributed by atoms with Crippen molar-refractivity contribution in [2.45, 2.75) is 19.8 Å². The molecule has 170 valence electrons. The molecule has 0 spiro atoms. The number of fused-ring (bicyclic) bond motifs is 1. The summed E-state index contributed by atoms with van der Waals surface area (Å²) >= 11 is 0. The first-order valence-electron chi connectivity index (χ1n) is 10.1. The molecule has 0 unspecified atom stereocenters. The average Bonchev–Trinajstić information content (AvgIpc) is 3.23. The third kappa shape index (κ3) is 4.70. The van der Waals surface area contributed by atoms with Crippen molar-refractivity contribution in [3.8, 4) is 11.3 Å². The van der Waals surface area contributed by atoms with Crippen molar-refractivity contribution < 1.29 is 14.0 Å². The number of rotatable bonds is 6. The molecule has 0 saturated carbocycles. The Balaban J connectivity index is 0.00000306. The number of aromatic nitrogens is 3. The maximum atomic E-state index is 13.3. The summed E-state index contributed by atoms with van der Waals surface area (Å²) in [4.78, 5) is 36.3. The molecule has 0 fully saturated rings. The Kier molecular flexibility index (Phi) is 7.08. The molecule has 3 aromatic heterocycles. The lowest BCUT2D eigenvalue weighted by molar-refractivity contribution is -0.116. The normalized spacial score (nSPS) is 10.7. The summed E-state index contributed by atoms with van der Waals surface area (Å²) in [5.74, 6) is -1.50. The lowest BCUT2D eigenvalue weighted by Gasteiger charge is -2.17. The van der Waals surface area contributed by atoms with Crippen molar-refractivity contribution in [1.29, 1.82) is 0 Å². The first kappa shape index (κ1) is 23.9. The van der Waals surface area contributed by atoms with Crippen LogP contribution in [0.3, 0.4) is 0 Å². The number of H-pyrrole nitrogens is 1. The minimum Gasteiger partial charge on any atom is -0.355 e. The summed E-state index contributed by atoms with van der Waals surface area (Å²) in [5, 5.41) is 6.29. The summed E-state index contributed by atoms with van der Waals surface area (Å²) < 4.78 is 13.3. The van der Waals surface area contributed by atoms with Gasteiger partial charge in [0.15, 0.2) is 0 Å². The molecule has 0 radical (unpaired) electrons. The van der Waals surface area contributed by atoms with Gasteiger partial charge < -0.3 is 15.6 Å². The molecule has 3 N–H and O–H groups in total. The van der Waals surface area contributed by atoms with Crippen LogP contribution in [0.15, 0.2) is 55.0 Å². The molecule has 0 aliphatic heterocycles. The third-order valence-electron chi connectivity index (χ3n) is 5.22. The average molecular weight is 468 g/mol. The number of benzene rings is 1. The molecule has 0 bridgehead atoms. The quantitative estimate of drug-likeness (QED) is 0.274. The molecule has 4 aromatic rings. The number of nitrogens with one attached hydrogen (secondary N) is 3. The number of carbonyl (C=O) groups excluding carboxylic acids is 2. The zero-order valence-corrected chi connectivity index (χ0v) is 19.1. The van der Waals surface area contributed by atoms with E-state index in [4.69, 9.17) is 0 Å². The third-order valence-corrected chi connectivity index (χ3v) is 5.22. The predicted molar refractivity (Wildman–Crippen MR) is 129 cm³/mol. The van der Waals surface area contributed by atoms with E-state index in [1.54, 1.807) is 30.6 Å².